The number of nitrogens with one attached hydrogen (secondary N) is 2. The molecule has 0 amide bonds. The van der Waals surface area contributed by atoms with Gasteiger partial charge in [0.2, 0.25) is 5.95 Å². The summed E-state index contributed by atoms with van der Waals surface area (Å²) in [5.41, 5.74) is 0. The quantitative estimate of drug-likeness (QED) is 0.551. The van der Waals surface area contributed by atoms with E-state index in [0.717, 1.165) is 38.7 Å². The Labute approximate surface area is 151 Å². The Hall–Kier alpha value is -2.10. The molecule has 0 aromatic carbocycles. The summed E-state index contributed by atoms with van der Waals surface area (Å²) in [6.45, 7) is 7.12. The van der Waals surface area contributed by atoms with Crippen LogP contribution in [0.4, 0.5) is 19.1 Å². The van der Waals surface area contributed by atoms with E-state index in [-0.39, 0.29) is 6.54 Å². The zero-order chi connectivity index (χ0) is 18.8. The fourth-order valence-corrected chi connectivity index (χ4v) is 2.59. The van der Waals surface area contributed by atoms with Gasteiger partial charge >= 0.3 is 6.18 Å². The van der Waals surface area contributed by atoms with E-state index >= 15 is 0 Å². The number of hydrogen-bond acceptors (Lipinski definition) is 5. The summed E-state index contributed by atoms with van der Waals surface area (Å²) in [4.78, 5) is 16.9. The molecule has 1 aromatic rings. The maximum atomic E-state index is 12.2. The van der Waals surface area contributed by atoms with E-state index in [1.165, 1.54) is 0 Å². The third kappa shape index (κ3) is 7.42. The molecular weight excluding hydrogens is 347 g/mol. The van der Waals surface area contributed by atoms with Gasteiger partial charge in [-0.3, -0.25) is 9.89 Å². The van der Waals surface area contributed by atoms with Crippen LogP contribution in [-0.4, -0.2) is 79.4 Å². The minimum Gasteiger partial charge on any atom is -0.357 e. The van der Waals surface area contributed by atoms with Gasteiger partial charge in [0.15, 0.2) is 5.96 Å². The second-order valence-corrected chi connectivity index (χ2v) is 5.93. The second kappa shape index (κ2) is 10.1. The van der Waals surface area contributed by atoms with Gasteiger partial charge in [-0.2, -0.15) is 13.2 Å². The molecule has 2 heterocycles. The fourth-order valence-electron chi connectivity index (χ4n) is 2.59. The first-order valence-electron chi connectivity index (χ1n) is 8.81. The number of hydrogen-bond donors (Lipinski definition) is 2. The van der Waals surface area contributed by atoms with Crippen molar-refractivity contribution in [1.82, 2.24) is 25.5 Å². The highest BCUT2D eigenvalue weighted by molar-refractivity contribution is 5.79. The lowest BCUT2D eigenvalue weighted by Gasteiger charge is -2.34. The van der Waals surface area contributed by atoms with Crippen LogP contribution in [0.5, 0.6) is 0 Å². The Kier molecular flexibility index (Phi) is 7.89. The van der Waals surface area contributed by atoms with Crippen molar-refractivity contribution in [2.45, 2.75) is 19.5 Å². The van der Waals surface area contributed by atoms with E-state index in [4.69, 9.17) is 0 Å². The van der Waals surface area contributed by atoms with Crippen molar-refractivity contribution in [3.63, 3.8) is 0 Å². The standard InChI is InChI=1S/C16H26F3N7/c1-2-20-14(21-7-4-16(17,18)19)22-8-9-25-10-12-26(13-11-25)15-23-5-3-6-24-15/h3,5-6H,2,4,7-13H2,1H3,(H2,20,21,22). The highest BCUT2D eigenvalue weighted by atomic mass is 19.4. The Morgan fingerprint density at radius 1 is 1.15 bits per heavy atom. The predicted molar refractivity (Wildman–Crippen MR) is 95.3 cm³/mol. The Morgan fingerprint density at radius 3 is 2.46 bits per heavy atom. The van der Waals surface area contributed by atoms with Crippen molar-refractivity contribution in [3.8, 4) is 0 Å². The maximum absolute atomic E-state index is 12.2. The molecule has 1 saturated heterocycles. The first-order valence-corrected chi connectivity index (χ1v) is 8.81. The molecule has 146 valence electrons. The van der Waals surface area contributed by atoms with Crippen LogP contribution in [0.15, 0.2) is 23.5 Å². The summed E-state index contributed by atoms with van der Waals surface area (Å²) in [7, 11) is 0. The molecule has 0 radical (unpaired) electrons. The van der Waals surface area contributed by atoms with Crippen LogP contribution in [0.2, 0.25) is 0 Å². The molecule has 10 heteroatoms. The number of halogens is 3. The zero-order valence-electron chi connectivity index (χ0n) is 15.0. The lowest BCUT2D eigenvalue weighted by molar-refractivity contribution is -0.132. The van der Waals surface area contributed by atoms with E-state index in [1.807, 2.05) is 6.92 Å². The van der Waals surface area contributed by atoms with Gasteiger partial charge < -0.3 is 15.5 Å². The lowest BCUT2D eigenvalue weighted by Crippen LogP contribution is -2.49. The van der Waals surface area contributed by atoms with Crippen molar-refractivity contribution in [2.24, 2.45) is 4.99 Å². The number of rotatable bonds is 7. The van der Waals surface area contributed by atoms with Crippen molar-refractivity contribution in [3.05, 3.63) is 18.5 Å². The number of aliphatic imine (C=N–C) groups is 1. The maximum Gasteiger partial charge on any atom is 0.390 e. The molecule has 0 aliphatic carbocycles. The van der Waals surface area contributed by atoms with Crippen LogP contribution in [0, 0.1) is 0 Å². The van der Waals surface area contributed by atoms with Crippen LogP contribution in [-0.2, 0) is 0 Å². The average Bonchev–Trinajstić information content (AvgIpc) is 2.62. The van der Waals surface area contributed by atoms with Gasteiger partial charge in [0, 0.05) is 58.2 Å². The van der Waals surface area contributed by atoms with E-state index in [2.05, 4.69) is 35.4 Å². The Bertz CT molecular complexity index is 543. The lowest BCUT2D eigenvalue weighted by atomic mass is 10.3. The molecule has 1 aliphatic heterocycles. The van der Waals surface area contributed by atoms with Crippen LogP contribution in [0.25, 0.3) is 0 Å². The molecule has 0 saturated carbocycles. The predicted octanol–water partition coefficient (Wildman–Crippen LogP) is 1.11. The molecule has 7 nitrogen and oxygen atoms in total. The first-order chi connectivity index (χ1) is 12.5. The highest BCUT2D eigenvalue weighted by Crippen LogP contribution is 2.18. The number of guanidine groups is 1. The minimum absolute atomic E-state index is 0.269. The second-order valence-electron chi connectivity index (χ2n) is 5.93. The van der Waals surface area contributed by atoms with Gasteiger partial charge in [-0.15, -0.1) is 0 Å². The summed E-state index contributed by atoms with van der Waals surface area (Å²) in [6, 6.07) is 1.80. The van der Waals surface area contributed by atoms with Crippen molar-refractivity contribution in [1.29, 1.82) is 0 Å². The molecule has 0 spiro atoms. The van der Waals surface area contributed by atoms with Crippen LogP contribution in [0.3, 0.4) is 0 Å². The highest BCUT2D eigenvalue weighted by Gasteiger charge is 2.26. The first kappa shape index (κ1) is 20.2. The molecule has 0 unspecified atom stereocenters. The van der Waals surface area contributed by atoms with Gasteiger partial charge in [-0.1, -0.05) is 0 Å². The number of alkyl halides is 3. The van der Waals surface area contributed by atoms with Gasteiger partial charge in [-0.25, -0.2) is 9.97 Å². The monoisotopic (exact) mass is 373 g/mol. The summed E-state index contributed by atoms with van der Waals surface area (Å²) in [5, 5.41) is 6.05. The Morgan fingerprint density at radius 2 is 1.85 bits per heavy atom. The molecule has 2 rings (SSSR count). The van der Waals surface area contributed by atoms with E-state index < -0.39 is 12.6 Å². The van der Waals surface area contributed by atoms with Gasteiger partial charge in [0.25, 0.3) is 0 Å². The molecule has 0 bridgehead atoms. The summed E-state index contributed by atoms with van der Waals surface area (Å²) in [5.74, 6) is 1.17. The summed E-state index contributed by atoms with van der Waals surface area (Å²) < 4.78 is 36.6. The summed E-state index contributed by atoms with van der Waals surface area (Å²) >= 11 is 0. The molecule has 0 atom stereocenters. The van der Waals surface area contributed by atoms with Crippen LogP contribution >= 0.6 is 0 Å². The van der Waals surface area contributed by atoms with Crippen molar-refractivity contribution < 1.29 is 13.2 Å². The normalized spacial score (nSPS) is 16.6. The Balaban J connectivity index is 1.68. The topological polar surface area (TPSA) is 68.7 Å². The minimum atomic E-state index is -4.18. The zero-order valence-corrected chi connectivity index (χ0v) is 15.0. The van der Waals surface area contributed by atoms with Crippen molar-refractivity contribution in [2.75, 3.05) is 57.3 Å². The molecule has 1 aliphatic rings. The van der Waals surface area contributed by atoms with E-state index in [9.17, 15) is 13.2 Å². The molecular formula is C16H26F3N7. The van der Waals surface area contributed by atoms with Crippen LogP contribution in [0.1, 0.15) is 13.3 Å². The van der Waals surface area contributed by atoms with E-state index in [0.29, 0.717) is 19.0 Å². The van der Waals surface area contributed by atoms with Crippen molar-refractivity contribution >= 4 is 11.9 Å². The molecule has 1 aromatic heterocycles. The third-order valence-electron chi connectivity index (χ3n) is 3.94. The molecule has 2 N–H and O–H groups in total. The number of aromatic nitrogens is 2. The number of piperazine rings is 1. The number of nitrogens with zero attached hydrogens (tertiary/aromatic N) is 5. The van der Waals surface area contributed by atoms with Gasteiger partial charge in [-0.05, 0) is 13.0 Å². The van der Waals surface area contributed by atoms with E-state index in [1.54, 1.807) is 18.5 Å². The van der Waals surface area contributed by atoms with Gasteiger partial charge in [0.1, 0.15) is 0 Å². The molecule has 26 heavy (non-hydrogen) atoms. The number of anilines is 1. The largest absolute Gasteiger partial charge is 0.390 e. The fraction of sp³-hybridized carbons (Fsp3) is 0.688. The average molecular weight is 373 g/mol. The molecule has 1 fully saturated rings. The summed E-state index contributed by atoms with van der Waals surface area (Å²) in [6.07, 6.45) is -1.62. The smallest absolute Gasteiger partial charge is 0.357 e. The van der Waals surface area contributed by atoms with Gasteiger partial charge in [0.05, 0.1) is 13.0 Å². The third-order valence-corrected chi connectivity index (χ3v) is 3.94. The van der Waals surface area contributed by atoms with Crippen LogP contribution < -0.4 is 15.5 Å². The SMILES string of the molecule is CCNC(=NCCC(F)(F)F)NCCN1CCN(c2ncccn2)CC1.